The van der Waals surface area contributed by atoms with Crippen LogP contribution < -0.4 is 4.90 Å². The van der Waals surface area contributed by atoms with Gasteiger partial charge in [0.1, 0.15) is 0 Å². The molecular weight excluding hydrogens is 192 g/mol. The molecule has 0 aromatic heterocycles. The number of aromatic hydroxyl groups is 2. The lowest BCUT2D eigenvalue weighted by Crippen LogP contribution is -2.44. The van der Waals surface area contributed by atoms with Gasteiger partial charge in [0.2, 0.25) is 0 Å². The smallest absolute Gasteiger partial charge is 0.159 e. The van der Waals surface area contributed by atoms with E-state index in [9.17, 15) is 10.2 Å². The van der Waals surface area contributed by atoms with Gasteiger partial charge in [0.25, 0.3) is 0 Å². The van der Waals surface area contributed by atoms with Crippen molar-refractivity contribution in [3.05, 3.63) is 18.2 Å². The molecule has 0 atom stereocenters. The van der Waals surface area contributed by atoms with Crippen molar-refractivity contribution < 1.29 is 10.2 Å². The zero-order valence-corrected chi connectivity index (χ0v) is 8.85. The second-order valence-electron chi connectivity index (χ2n) is 3.96. The highest BCUT2D eigenvalue weighted by Crippen LogP contribution is 2.29. The minimum atomic E-state index is -0.0622. The zero-order valence-electron chi connectivity index (χ0n) is 8.85. The average Bonchev–Trinajstić information content (AvgIpc) is 2.23. The lowest BCUT2D eigenvalue weighted by atomic mass is 10.2. The number of phenols is 2. The molecule has 2 rings (SSSR count). The summed E-state index contributed by atoms with van der Waals surface area (Å²) >= 11 is 0. The molecule has 82 valence electrons. The van der Waals surface area contributed by atoms with E-state index in [0.29, 0.717) is 0 Å². The lowest BCUT2D eigenvalue weighted by molar-refractivity contribution is 0.312. The Balaban J connectivity index is 2.12. The van der Waals surface area contributed by atoms with Crippen LogP contribution in [0.15, 0.2) is 18.2 Å². The van der Waals surface area contributed by atoms with Crippen LogP contribution >= 0.6 is 0 Å². The van der Waals surface area contributed by atoms with Crippen LogP contribution in [0.1, 0.15) is 0 Å². The number of hydrogen-bond donors (Lipinski definition) is 2. The number of likely N-dealkylation sites (N-methyl/N-ethyl adjacent to an activating group) is 1. The van der Waals surface area contributed by atoms with E-state index >= 15 is 0 Å². The first-order chi connectivity index (χ1) is 7.16. The first-order valence-electron chi connectivity index (χ1n) is 5.12. The van der Waals surface area contributed by atoms with Gasteiger partial charge >= 0.3 is 0 Å². The highest BCUT2D eigenvalue weighted by Gasteiger charge is 2.14. The van der Waals surface area contributed by atoms with Gasteiger partial charge in [0.05, 0.1) is 0 Å². The minimum absolute atomic E-state index is 0.0496. The molecule has 0 unspecified atom stereocenters. The fourth-order valence-electron chi connectivity index (χ4n) is 1.77. The molecule has 0 bridgehead atoms. The lowest BCUT2D eigenvalue weighted by Gasteiger charge is -2.34. The van der Waals surface area contributed by atoms with Gasteiger partial charge < -0.3 is 20.0 Å². The van der Waals surface area contributed by atoms with Crippen LogP contribution in [-0.4, -0.2) is 48.3 Å². The van der Waals surface area contributed by atoms with Crippen molar-refractivity contribution in [2.24, 2.45) is 0 Å². The molecule has 0 amide bonds. The molecule has 1 aromatic carbocycles. The Kier molecular flexibility index (Phi) is 2.68. The third-order valence-electron chi connectivity index (χ3n) is 2.83. The highest BCUT2D eigenvalue weighted by molar-refractivity contribution is 5.55. The van der Waals surface area contributed by atoms with E-state index in [4.69, 9.17) is 0 Å². The number of hydrogen-bond acceptors (Lipinski definition) is 4. The monoisotopic (exact) mass is 208 g/mol. The summed E-state index contributed by atoms with van der Waals surface area (Å²) in [5.41, 5.74) is 0.971. The number of phenolic OH excluding ortho intramolecular Hbond substituents is 2. The third kappa shape index (κ3) is 2.15. The van der Waals surface area contributed by atoms with Crippen LogP contribution in [0, 0.1) is 0 Å². The van der Waals surface area contributed by atoms with Gasteiger partial charge in [0, 0.05) is 37.9 Å². The SMILES string of the molecule is CN1CCN(c2ccc(O)c(O)c2)CC1. The van der Waals surface area contributed by atoms with Crippen molar-refractivity contribution in [2.45, 2.75) is 0 Å². The molecule has 1 aliphatic rings. The normalized spacial score (nSPS) is 18.1. The number of nitrogens with zero attached hydrogens (tertiary/aromatic N) is 2. The van der Waals surface area contributed by atoms with E-state index in [1.54, 1.807) is 6.07 Å². The quantitative estimate of drug-likeness (QED) is 0.672. The average molecular weight is 208 g/mol. The molecule has 0 aliphatic carbocycles. The Morgan fingerprint density at radius 1 is 1.00 bits per heavy atom. The largest absolute Gasteiger partial charge is 0.504 e. The van der Waals surface area contributed by atoms with E-state index in [-0.39, 0.29) is 11.5 Å². The van der Waals surface area contributed by atoms with Crippen LogP contribution in [0.25, 0.3) is 0 Å². The molecule has 0 spiro atoms. The fraction of sp³-hybridized carbons (Fsp3) is 0.455. The van der Waals surface area contributed by atoms with Crippen molar-refractivity contribution in [1.29, 1.82) is 0 Å². The number of benzene rings is 1. The Bertz CT molecular complexity index is 346. The predicted molar refractivity (Wildman–Crippen MR) is 59.5 cm³/mol. The van der Waals surface area contributed by atoms with E-state index in [1.165, 1.54) is 6.07 Å². The standard InChI is InChI=1S/C11H16N2O2/c1-12-4-6-13(7-5-12)9-2-3-10(14)11(15)8-9/h2-3,8,14-15H,4-7H2,1H3. The molecule has 4 heteroatoms. The fourth-order valence-corrected chi connectivity index (χ4v) is 1.77. The third-order valence-corrected chi connectivity index (χ3v) is 2.83. The van der Waals surface area contributed by atoms with Crippen molar-refractivity contribution in [3.8, 4) is 11.5 Å². The predicted octanol–water partition coefficient (Wildman–Crippen LogP) is 0.850. The van der Waals surface area contributed by atoms with Crippen LogP contribution in [0.5, 0.6) is 11.5 Å². The minimum Gasteiger partial charge on any atom is -0.504 e. The summed E-state index contributed by atoms with van der Waals surface area (Å²) in [5, 5.41) is 18.6. The maximum absolute atomic E-state index is 9.40. The molecule has 4 nitrogen and oxygen atoms in total. The first-order valence-corrected chi connectivity index (χ1v) is 5.12. The molecule has 15 heavy (non-hydrogen) atoms. The van der Waals surface area contributed by atoms with Crippen LogP contribution in [0.4, 0.5) is 5.69 Å². The topological polar surface area (TPSA) is 46.9 Å². The van der Waals surface area contributed by atoms with Gasteiger partial charge in [-0.3, -0.25) is 0 Å². The zero-order chi connectivity index (χ0) is 10.8. The van der Waals surface area contributed by atoms with Gasteiger partial charge in [-0.25, -0.2) is 0 Å². The van der Waals surface area contributed by atoms with Crippen LogP contribution in [-0.2, 0) is 0 Å². The Hall–Kier alpha value is -1.42. The summed E-state index contributed by atoms with van der Waals surface area (Å²) in [5.74, 6) is -0.112. The van der Waals surface area contributed by atoms with Gasteiger partial charge in [-0.1, -0.05) is 0 Å². The van der Waals surface area contributed by atoms with E-state index in [1.807, 2.05) is 6.07 Å². The number of piperazine rings is 1. The summed E-state index contributed by atoms with van der Waals surface area (Å²) in [6, 6.07) is 4.98. The van der Waals surface area contributed by atoms with Crippen molar-refractivity contribution in [1.82, 2.24) is 4.90 Å². The molecule has 1 aliphatic heterocycles. The number of anilines is 1. The van der Waals surface area contributed by atoms with Gasteiger partial charge in [-0.05, 0) is 19.2 Å². The molecule has 1 aromatic rings. The summed E-state index contributed by atoms with van der Waals surface area (Å²) in [4.78, 5) is 4.48. The van der Waals surface area contributed by atoms with E-state index in [2.05, 4.69) is 16.8 Å². The Morgan fingerprint density at radius 3 is 2.27 bits per heavy atom. The van der Waals surface area contributed by atoms with E-state index < -0.39 is 0 Å². The maximum atomic E-state index is 9.40. The van der Waals surface area contributed by atoms with Gasteiger partial charge in [0.15, 0.2) is 11.5 Å². The molecule has 1 heterocycles. The summed E-state index contributed by atoms with van der Waals surface area (Å²) in [7, 11) is 2.10. The Labute approximate surface area is 89.4 Å². The second-order valence-corrected chi connectivity index (χ2v) is 3.96. The van der Waals surface area contributed by atoms with Crippen molar-refractivity contribution in [2.75, 3.05) is 38.1 Å². The molecule has 1 fully saturated rings. The van der Waals surface area contributed by atoms with Crippen LogP contribution in [0.3, 0.4) is 0 Å². The first kappa shape index (κ1) is 10.1. The highest BCUT2D eigenvalue weighted by atomic mass is 16.3. The second kappa shape index (κ2) is 3.98. The maximum Gasteiger partial charge on any atom is 0.159 e. The molecule has 0 radical (unpaired) electrons. The van der Waals surface area contributed by atoms with Gasteiger partial charge in [-0.15, -0.1) is 0 Å². The summed E-state index contributed by atoms with van der Waals surface area (Å²) in [6.07, 6.45) is 0. The van der Waals surface area contributed by atoms with Crippen molar-refractivity contribution in [3.63, 3.8) is 0 Å². The van der Waals surface area contributed by atoms with E-state index in [0.717, 1.165) is 31.9 Å². The Morgan fingerprint density at radius 2 is 1.67 bits per heavy atom. The summed E-state index contributed by atoms with van der Waals surface area (Å²) < 4.78 is 0. The molecule has 1 saturated heterocycles. The van der Waals surface area contributed by atoms with Crippen molar-refractivity contribution >= 4 is 5.69 Å². The van der Waals surface area contributed by atoms with Crippen LogP contribution in [0.2, 0.25) is 0 Å². The summed E-state index contributed by atoms with van der Waals surface area (Å²) in [6.45, 7) is 3.98. The number of rotatable bonds is 1. The molecule has 0 saturated carbocycles. The molecular formula is C11H16N2O2. The van der Waals surface area contributed by atoms with Gasteiger partial charge in [-0.2, -0.15) is 0 Å². The molecule has 2 N–H and O–H groups in total.